The standard InChI is InChI=1S/C25H37N9O3/c1-17-9-14-33(22(36)8-12-27)16-19(17)32(2)23-18-10-15-34(25(28)37)24(18)31-20(30-23)6-5-7-21(35)29-13-4-3-11-26/h10,15,17,19H,3-9,11,13-14,16,26H2,1-2H3,(H2,28,37)(H,29,35)/t17-,19+/m1/s1. The number of nitrogens with zero attached hydrogens (tertiary/aromatic N) is 6. The van der Waals surface area contributed by atoms with Crippen molar-refractivity contribution in [1.29, 1.82) is 5.26 Å². The Bertz CT molecular complexity index is 1160. The number of nitrogens with one attached hydrogen (secondary N) is 1. The lowest BCUT2D eigenvalue weighted by Gasteiger charge is -2.42. The number of anilines is 1. The number of likely N-dealkylation sites (N-methyl/N-ethyl adjacent to an activating group) is 1. The molecular weight excluding hydrogens is 474 g/mol. The molecule has 2 aromatic rings. The van der Waals surface area contributed by atoms with Gasteiger partial charge in [-0.3, -0.25) is 14.2 Å². The maximum atomic E-state index is 12.4. The predicted octanol–water partition coefficient (Wildman–Crippen LogP) is 1.12. The summed E-state index contributed by atoms with van der Waals surface area (Å²) in [6.45, 7) is 4.43. The lowest BCUT2D eigenvalue weighted by atomic mass is 9.92. The van der Waals surface area contributed by atoms with Crippen LogP contribution in [0.2, 0.25) is 0 Å². The number of nitrogens with two attached hydrogens (primary N) is 2. The Morgan fingerprint density at radius 1 is 1.27 bits per heavy atom. The van der Waals surface area contributed by atoms with Crippen molar-refractivity contribution in [3.8, 4) is 6.07 Å². The van der Waals surface area contributed by atoms with Crippen molar-refractivity contribution in [2.24, 2.45) is 17.4 Å². The Morgan fingerprint density at radius 3 is 2.76 bits per heavy atom. The number of aromatic nitrogens is 3. The molecule has 3 heterocycles. The van der Waals surface area contributed by atoms with Crippen molar-refractivity contribution >= 4 is 34.7 Å². The first kappa shape index (κ1) is 27.9. The topological polar surface area (TPSA) is 176 Å². The monoisotopic (exact) mass is 511 g/mol. The molecule has 200 valence electrons. The highest BCUT2D eigenvalue weighted by Crippen LogP contribution is 2.30. The van der Waals surface area contributed by atoms with Crippen LogP contribution in [0.1, 0.15) is 51.3 Å². The van der Waals surface area contributed by atoms with Gasteiger partial charge < -0.3 is 26.6 Å². The van der Waals surface area contributed by atoms with E-state index in [4.69, 9.17) is 21.7 Å². The van der Waals surface area contributed by atoms with Crippen molar-refractivity contribution in [3.05, 3.63) is 18.1 Å². The molecule has 37 heavy (non-hydrogen) atoms. The van der Waals surface area contributed by atoms with Gasteiger partial charge in [-0.05, 0) is 44.2 Å². The summed E-state index contributed by atoms with van der Waals surface area (Å²) in [7, 11) is 1.92. The molecule has 12 heteroatoms. The van der Waals surface area contributed by atoms with Crippen LogP contribution in [-0.4, -0.2) is 76.5 Å². The van der Waals surface area contributed by atoms with E-state index < -0.39 is 6.03 Å². The highest BCUT2D eigenvalue weighted by Gasteiger charge is 2.33. The fourth-order valence-corrected chi connectivity index (χ4v) is 4.71. The van der Waals surface area contributed by atoms with Gasteiger partial charge >= 0.3 is 6.03 Å². The van der Waals surface area contributed by atoms with Crippen LogP contribution in [0.4, 0.5) is 10.6 Å². The minimum atomic E-state index is -0.649. The summed E-state index contributed by atoms with van der Waals surface area (Å²) >= 11 is 0. The van der Waals surface area contributed by atoms with Crippen LogP contribution in [0.15, 0.2) is 12.3 Å². The third-order valence-corrected chi connectivity index (χ3v) is 6.90. The number of hydrogen-bond acceptors (Lipinski definition) is 8. The molecule has 0 spiro atoms. The molecule has 2 atom stereocenters. The number of carbonyl (C=O) groups excluding carboxylic acids is 3. The molecule has 0 saturated carbocycles. The van der Waals surface area contributed by atoms with Gasteiger partial charge in [-0.25, -0.2) is 14.8 Å². The summed E-state index contributed by atoms with van der Waals surface area (Å²) < 4.78 is 1.29. The molecule has 0 unspecified atom stereocenters. The van der Waals surface area contributed by atoms with Gasteiger partial charge in [0.25, 0.3) is 0 Å². The van der Waals surface area contributed by atoms with E-state index in [1.165, 1.54) is 4.57 Å². The fourth-order valence-electron chi connectivity index (χ4n) is 4.71. The SMILES string of the molecule is C[C@@H]1CCN(C(=O)CC#N)C[C@@H]1N(C)c1nc(CCCC(=O)NCCCCN)nc2c1ccn2C(N)=O. The average molecular weight is 512 g/mol. The van der Waals surface area contributed by atoms with Crippen LogP contribution in [-0.2, 0) is 16.0 Å². The van der Waals surface area contributed by atoms with Crippen molar-refractivity contribution in [2.75, 3.05) is 38.1 Å². The summed E-state index contributed by atoms with van der Waals surface area (Å²) in [6.07, 6.45) is 5.28. The zero-order valence-corrected chi connectivity index (χ0v) is 21.7. The molecule has 1 aliphatic heterocycles. The number of likely N-dealkylation sites (tertiary alicyclic amines) is 1. The number of hydrogen-bond donors (Lipinski definition) is 3. The van der Waals surface area contributed by atoms with Crippen LogP contribution in [0.3, 0.4) is 0 Å². The third kappa shape index (κ3) is 6.95. The zero-order valence-electron chi connectivity index (χ0n) is 21.7. The number of carbonyl (C=O) groups is 3. The lowest BCUT2D eigenvalue weighted by molar-refractivity contribution is -0.131. The number of rotatable bonds is 11. The molecule has 0 aromatic carbocycles. The predicted molar refractivity (Wildman–Crippen MR) is 140 cm³/mol. The van der Waals surface area contributed by atoms with Gasteiger partial charge in [0.2, 0.25) is 11.8 Å². The summed E-state index contributed by atoms with van der Waals surface area (Å²) in [5.41, 5.74) is 11.5. The molecule has 1 fully saturated rings. The van der Waals surface area contributed by atoms with E-state index in [9.17, 15) is 14.4 Å². The van der Waals surface area contributed by atoms with E-state index in [-0.39, 0.29) is 30.2 Å². The Kier molecular flexibility index (Phi) is 9.79. The maximum absolute atomic E-state index is 12.4. The summed E-state index contributed by atoms with van der Waals surface area (Å²) in [4.78, 5) is 49.7. The largest absolute Gasteiger partial charge is 0.356 e. The lowest BCUT2D eigenvalue weighted by Crippen LogP contribution is -2.52. The number of unbranched alkanes of at least 4 members (excludes halogenated alkanes) is 1. The number of nitriles is 1. The van der Waals surface area contributed by atoms with E-state index in [1.54, 1.807) is 17.2 Å². The van der Waals surface area contributed by atoms with Gasteiger partial charge in [-0.1, -0.05) is 6.92 Å². The van der Waals surface area contributed by atoms with Crippen LogP contribution in [0.25, 0.3) is 11.0 Å². The van der Waals surface area contributed by atoms with Gasteiger partial charge in [0, 0.05) is 45.7 Å². The smallest absolute Gasteiger partial charge is 0.324 e. The Morgan fingerprint density at radius 2 is 2.05 bits per heavy atom. The van der Waals surface area contributed by atoms with Gasteiger partial charge in [-0.2, -0.15) is 5.26 Å². The van der Waals surface area contributed by atoms with Crippen LogP contribution in [0.5, 0.6) is 0 Å². The van der Waals surface area contributed by atoms with Crippen LogP contribution >= 0.6 is 0 Å². The van der Waals surface area contributed by atoms with E-state index in [2.05, 4.69) is 17.2 Å². The summed E-state index contributed by atoms with van der Waals surface area (Å²) in [6, 6.07) is 3.00. The molecule has 2 aromatic heterocycles. The number of fused-ring (bicyclic) bond motifs is 1. The first-order valence-electron chi connectivity index (χ1n) is 12.8. The first-order valence-corrected chi connectivity index (χ1v) is 12.8. The van der Waals surface area contributed by atoms with Crippen molar-refractivity contribution < 1.29 is 14.4 Å². The molecule has 1 aliphatic rings. The normalized spacial score (nSPS) is 17.4. The van der Waals surface area contributed by atoms with E-state index in [0.717, 1.165) is 19.3 Å². The van der Waals surface area contributed by atoms with Gasteiger partial charge in [0.1, 0.15) is 18.1 Å². The van der Waals surface area contributed by atoms with Crippen LogP contribution < -0.4 is 21.7 Å². The Balaban J connectivity index is 1.81. The average Bonchev–Trinajstić information content (AvgIpc) is 3.30. The third-order valence-electron chi connectivity index (χ3n) is 6.90. The zero-order chi connectivity index (χ0) is 26.9. The molecule has 0 aliphatic carbocycles. The summed E-state index contributed by atoms with van der Waals surface area (Å²) in [5, 5.41) is 12.5. The molecule has 5 N–H and O–H groups in total. The van der Waals surface area contributed by atoms with Gasteiger partial charge in [0.05, 0.1) is 17.5 Å². The second kappa shape index (κ2) is 13.0. The first-order chi connectivity index (χ1) is 17.8. The van der Waals surface area contributed by atoms with Crippen LogP contribution in [0, 0.1) is 17.2 Å². The van der Waals surface area contributed by atoms with Gasteiger partial charge in [0.15, 0.2) is 5.65 Å². The van der Waals surface area contributed by atoms with Gasteiger partial charge in [-0.15, -0.1) is 0 Å². The van der Waals surface area contributed by atoms with E-state index in [0.29, 0.717) is 68.1 Å². The fraction of sp³-hybridized carbons (Fsp3) is 0.600. The van der Waals surface area contributed by atoms with E-state index in [1.807, 2.05) is 18.0 Å². The molecular formula is C25H37N9O3. The number of primary amides is 1. The molecule has 12 nitrogen and oxygen atoms in total. The minimum absolute atomic E-state index is 0.0332. The molecule has 1 saturated heterocycles. The van der Waals surface area contributed by atoms with Crippen molar-refractivity contribution in [3.63, 3.8) is 0 Å². The van der Waals surface area contributed by atoms with E-state index >= 15 is 0 Å². The van der Waals surface area contributed by atoms with Crippen molar-refractivity contribution in [1.82, 2.24) is 24.8 Å². The molecule has 0 radical (unpaired) electrons. The number of aryl methyl sites for hydroxylation is 1. The second-order valence-corrected chi connectivity index (χ2v) is 9.54. The quantitative estimate of drug-likeness (QED) is 0.376. The second-order valence-electron chi connectivity index (χ2n) is 9.54. The van der Waals surface area contributed by atoms with Crippen molar-refractivity contribution in [2.45, 2.75) is 57.9 Å². The number of amides is 3. The minimum Gasteiger partial charge on any atom is -0.356 e. The highest BCUT2D eigenvalue weighted by molar-refractivity contribution is 5.94. The Hall–Kier alpha value is -3.72. The Labute approximate surface area is 217 Å². The molecule has 3 amide bonds. The number of piperidine rings is 1. The molecule has 3 rings (SSSR count). The molecule has 0 bridgehead atoms. The summed E-state index contributed by atoms with van der Waals surface area (Å²) in [5.74, 6) is 1.20. The maximum Gasteiger partial charge on any atom is 0.324 e. The highest BCUT2D eigenvalue weighted by atomic mass is 16.2.